The Balaban J connectivity index is 2.11. The van der Waals surface area contributed by atoms with Gasteiger partial charge in [0.1, 0.15) is 0 Å². The summed E-state index contributed by atoms with van der Waals surface area (Å²) in [6.45, 7) is 0.787. The summed E-state index contributed by atoms with van der Waals surface area (Å²) >= 11 is 0. The maximum atomic E-state index is 8.95. The Morgan fingerprint density at radius 1 is 1.91 bits per heavy atom. The van der Waals surface area contributed by atoms with Crippen molar-refractivity contribution in [2.24, 2.45) is 0 Å². The van der Waals surface area contributed by atoms with Crippen LogP contribution in [0.1, 0.15) is 11.6 Å². The number of hydrogen-bond donors (Lipinski definition) is 2. The van der Waals surface area contributed by atoms with E-state index in [1.54, 1.807) is 6.20 Å². The van der Waals surface area contributed by atoms with E-state index < -0.39 is 0 Å². The van der Waals surface area contributed by atoms with E-state index in [9.17, 15) is 0 Å². The molecule has 5 heteroatoms. The van der Waals surface area contributed by atoms with E-state index in [0.29, 0.717) is 0 Å². The number of epoxide rings is 1. The minimum Gasteiger partial charge on any atom is -0.396 e. The molecule has 1 saturated heterocycles. The van der Waals surface area contributed by atoms with Crippen LogP contribution in [0.4, 0.5) is 0 Å². The molecule has 2 rings (SSSR count). The molecular weight excluding hydrogens is 146 g/mol. The van der Waals surface area contributed by atoms with Crippen LogP contribution in [0.25, 0.3) is 0 Å². The quantitative estimate of drug-likeness (QED) is 0.565. The first-order valence-corrected chi connectivity index (χ1v) is 3.50. The van der Waals surface area contributed by atoms with Gasteiger partial charge in [-0.25, -0.2) is 0 Å². The molecule has 2 N–H and O–H groups in total. The monoisotopic (exact) mass is 155 g/mol. The lowest BCUT2D eigenvalue weighted by Crippen LogP contribution is -2.11. The SMILES string of the molecule is OCC(c1cn[nH]n1)C1CO1. The lowest BCUT2D eigenvalue weighted by atomic mass is 10.0. The molecule has 0 bridgehead atoms. The Labute approximate surface area is 63.4 Å². The number of aromatic nitrogens is 3. The fourth-order valence-electron chi connectivity index (χ4n) is 1.08. The normalized spacial score (nSPS) is 25.0. The standard InChI is InChI=1S/C6H9N3O2/c10-2-4(6-3-11-6)5-1-7-9-8-5/h1,4,6,10H,2-3H2,(H,7,8,9). The van der Waals surface area contributed by atoms with Gasteiger partial charge in [0.25, 0.3) is 0 Å². The highest BCUT2D eigenvalue weighted by atomic mass is 16.6. The number of nitrogens with one attached hydrogen (secondary N) is 1. The molecule has 0 saturated carbocycles. The van der Waals surface area contributed by atoms with E-state index in [2.05, 4.69) is 15.4 Å². The highest BCUT2D eigenvalue weighted by molar-refractivity contribution is 5.06. The van der Waals surface area contributed by atoms with Crippen LogP contribution in [-0.2, 0) is 4.74 Å². The van der Waals surface area contributed by atoms with Gasteiger partial charge in [0, 0.05) is 0 Å². The van der Waals surface area contributed by atoms with Gasteiger partial charge in [-0.3, -0.25) is 0 Å². The molecule has 0 spiro atoms. The van der Waals surface area contributed by atoms with Crippen LogP contribution in [-0.4, -0.2) is 39.8 Å². The Morgan fingerprint density at radius 2 is 2.73 bits per heavy atom. The fourth-order valence-corrected chi connectivity index (χ4v) is 1.08. The topological polar surface area (TPSA) is 74.3 Å². The highest BCUT2D eigenvalue weighted by Gasteiger charge is 2.34. The zero-order valence-electron chi connectivity index (χ0n) is 5.90. The Bertz CT molecular complexity index is 220. The molecule has 2 atom stereocenters. The maximum Gasteiger partial charge on any atom is 0.0916 e. The number of nitrogens with zero attached hydrogens (tertiary/aromatic N) is 2. The van der Waals surface area contributed by atoms with Gasteiger partial charge >= 0.3 is 0 Å². The summed E-state index contributed by atoms with van der Waals surface area (Å²) in [5.74, 6) is -0.00579. The smallest absolute Gasteiger partial charge is 0.0916 e. The van der Waals surface area contributed by atoms with E-state index in [4.69, 9.17) is 9.84 Å². The van der Waals surface area contributed by atoms with E-state index in [0.717, 1.165) is 12.3 Å². The van der Waals surface area contributed by atoms with Crippen molar-refractivity contribution in [3.63, 3.8) is 0 Å². The third kappa shape index (κ3) is 1.24. The molecule has 0 radical (unpaired) electrons. The minimum absolute atomic E-state index is 0.00579. The van der Waals surface area contributed by atoms with E-state index in [-0.39, 0.29) is 18.6 Å². The molecule has 1 aromatic heterocycles. The first-order chi connectivity index (χ1) is 5.42. The Kier molecular flexibility index (Phi) is 1.59. The van der Waals surface area contributed by atoms with Crippen molar-refractivity contribution in [1.82, 2.24) is 15.4 Å². The van der Waals surface area contributed by atoms with E-state index in [1.165, 1.54) is 0 Å². The summed E-state index contributed by atoms with van der Waals surface area (Å²) in [5, 5.41) is 19.0. The van der Waals surface area contributed by atoms with Crippen LogP contribution >= 0.6 is 0 Å². The van der Waals surface area contributed by atoms with Crippen LogP contribution in [0.3, 0.4) is 0 Å². The molecule has 1 aliphatic rings. The number of H-pyrrole nitrogens is 1. The van der Waals surface area contributed by atoms with Crippen LogP contribution in [0.5, 0.6) is 0 Å². The zero-order valence-corrected chi connectivity index (χ0v) is 5.90. The molecule has 5 nitrogen and oxygen atoms in total. The maximum absolute atomic E-state index is 8.95. The first kappa shape index (κ1) is 6.75. The van der Waals surface area contributed by atoms with Crippen molar-refractivity contribution >= 4 is 0 Å². The van der Waals surface area contributed by atoms with Gasteiger partial charge in [0.15, 0.2) is 0 Å². The number of hydrogen-bond acceptors (Lipinski definition) is 4. The van der Waals surface area contributed by atoms with Gasteiger partial charge in [-0.2, -0.15) is 15.4 Å². The second kappa shape index (κ2) is 2.60. The summed E-state index contributed by atoms with van der Waals surface area (Å²) in [5.41, 5.74) is 0.773. The molecule has 0 aliphatic carbocycles. The van der Waals surface area contributed by atoms with Gasteiger partial charge in [0.05, 0.1) is 37.1 Å². The second-order valence-electron chi connectivity index (χ2n) is 2.56. The molecule has 0 aromatic carbocycles. The number of aliphatic hydroxyl groups is 1. The molecule has 1 fully saturated rings. The van der Waals surface area contributed by atoms with Crippen LogP contribution < -0.4 is 0 Å². The first-order valence-electron chi connectivity index (χ1n) is 3.50. The van der Waals surface area contributed by atoms with Crippen molar-refractivity contribution < 1.29 is 9.84 Å². The van der Waals surface area contributed by atoms with Gasteiger partial charge in [-0.1, -0.05) is 0 Å². The third-order valence-electron chi connectivity index (χ3n) is 1.82. The summed E-state index contributed by atoms with van der Waals surface area (Å²) in [7, 11) is 0. The molecular formula is C6H9N3O2. The number of ether oxygens (including phenoxy) is 1. The van der Waals surface area contributed by atoms with Crippen LogP contribution in [0, 0.1) is 0 Å². The molecule has 2 unspecified atom stereocenters. The highest BCUT2D eigenvalue weighted by Crippen LogP contribution is 2.27. The molecule has 1 aliphatic heterocycles. The van der Waals surface area contributed by atoms with Crippen molar-refractivity contribution in [1.29, 1.82) is 0 Å². The van der Waals surface area contributed by atoms with E-state index in [1.807, 2.05) is 0 Å². The molecule has 0 amide bonds. The zero-order chi connectivity index (χ0) is 7.68. The number of aliphatic hydroxyl groups excluding tert-OH is 1. The molecule has 1 aromatic rings. The van der Waals surface area contributed by atoms with Gasteiger partial charge in [-0.05, 0) is 0 Å². The average Bonchev–Trinajstić information content (AvgIpc) is 2.68. The van der Waals surface area contributed by atoms with Crippen molar-refractivity contribution in [2.75, 3.05) is 13.2 Å². The Hall–Kier alpha value is -0.940. The summed E-state index contributed by atoms with van der Waals surface area (Å²) in [6, 6.07) is 0. The van der Waals surface area contributed by atoms with Crippen molar-refractivity contribution in [3.8, 4) is 0 Å². The predicted octanol–water partition coefficient (Wildman–Crippen LogP) is -0.721. The van der Waals surface area contributed by atoms with Gasteiger partial charge < -0.3 is 9.84 Å². The minimum atomic E-state index is -0.00579. The Morgan fingerprint density at radius 3 is 3.18 bits per heavy atom. The van der Waals surface area contributed by atoms with Crippen LogP contribution in [0.15, 0.2) is 6.20 Å². The molecule has 60 valence electrons. The van der Waals surface area contributed by atoms with Crippen molar-refractivity contribution in [3.05, 3.63) is 11.9 Å². The third-order valence-corrected chi connectivity index (χ3v) is 1.82. The average molecular weight is 155 g/mol. The second-order valence-corrected chi connectivity index (χ2v) is 2.56. The van der Waals surface area contributed by atoms with Crippen molar-refractivity contribution in [2.45, 2.75) is 12.0 Å². The lowest BCUT2D eigenvalue weighted by Gasteiger charge is -2.04. The fraction of sp³-hybridized carbons (Fsp3) is 0.667. The number of aromatic amines is 1. The van der Waals surface area contributed by atoms with Gasteiger partial charge in [0.2, 0.25) is 0 Å². The lowest BCUT2D eigenvalue weighted by molar-refractivity contribution is 0.233. The largest absolute Gasteiger partial charge is 0.396 e. The molecule has 2 heterocycles. The van der Waals surface area contributed by atoms with E-state index >= 15 is 0 Å². The summed E-state index contributed by atoms with van der Waals surface area (Å²) < 4.78 is 5.04. The van der Waals surface area contributed by atoms with Crippen LogP contribution in [0.2, 0.25) is 0 Å². The summed E-state index contributed by atoms with van der Waals surface area (Å²) in [4.78, 5) is 0. The van der Waals surface area contributed by atoms with Gasteiger partial charge in [-0.15, -0.1) is 0 Å². The number of rotatable bonds is 3. The predicted molar refractivity (Wildman–Crippen MR) is 35.9 cm³/mol. The summed E-state index contributed by atoms with van der Waals surface area (Å²) in [6.07, 6.45) is 1.76. The molecule has 11 heavy (non-hydrogen) atoms.